The van der Waals surface area contributed by atoms with Crippen molar-refractivity contribution in [2.75, 3.05) is 53.3 Å². The average Bonchev–Trinajstić information content (AvgIpc) is 3.31. The predicted octanol–water partition coefficient (Wildman–Crippen LogP) is 6.70. The van der Waals surface area contributed by atoms with E-state index in [0.717, 1.165) is 29.5 Å². The van der Waals surface area contributed by atoms with Crippen molar-refractivity contribution in [3.8, 4) is 11.5 Å². The zero-order valence-corrected chi connectivity index (χ0v) is 36.8. The van der Waals surface area contributed by atoms with Crippen molar-refractivity contribution in [1.29, 1.82) is 0 Å². The molecule has 0 spiro atoms. The summed E-state index contributed by atoms with van der Waals surface area (Å²) in [5.74, 6) is -2.33. The summed E-state index contributed by atoms with van der Waals surface area (Å²) >= 11 is 0. The summed E-state index contributed by atoms with van der Waals surface area (Å²) < 4.78 is 25.9. The molecule has 0 aromatic heterocycles. The van der Waals surface area contributed by atoms with Crippen LogP contribution in [0.1, 0.15) is 67.6 Å². The van der Waals surface area contributed by atoms with Crippen LogP contribution in [0.5, 0.6) is 11.5 Å². The SMILES string of the molecule is C=CCO[C@@]12Oc3ccc(OC(=O)NCc4ccccc4)cc3[C@H]3[C@H](CCCCO)[C@@H](CCCCO)C=C(C(=NOC)C[C@@H]1N(CCOCCO)C(=O)C=Cc1ccc([N+](=O)[O-])cc1)[C@H]32. The molecule has 4 N–H and O–H groups in total. The maximum atomic E-state index is 14.7. The summed E-state index contributed by atoms with van der Waals surface area (Å²) in [6.45, 7) is 4.29. The molecule has 2 aliphatic carbocycles. The molecule has 16 nitrogen and oxygen atoms in total. The highest BCUT2D eigenvalue weighted by molar-refractivity contribution is 6.03. The fourth-order valence-corrected chi connectivity index (χ4v) is 9.45. The number of benzene rings is 3. The number of non-ortho nitro benzene ring substituents is 1. The second-order valence-electron chi connectivity index (χ2n) is 16.2. The van der Waals surface area contributed by atoms with Crippen LogP contribution in [0.3, 0.4) is 0 Å². The molecule has 1 saturated carbocycles. The number of nitro groups is 1. The topological polar surface area (TPSA) is 212 Å². The van der Waals surface area contributed by atoms with Crippen molar-refractivity contribution in [3.63, 3.8) is 0 Å². The van der Waals surface area contributed by atoms with Crippen molar-refractivity contribution < 1.29 is 53.6 Å². The van der Waals surface area contributed by atoms with Gasteiger partial charge in [0, 0.05) is 62.4 Å². The summed E-state index contributed by atoms with van der Waals surface area (Å²) in [5.41, 5.74) is 3.57. The first-order valence-corrected chi connectivity index (χ1v) is 22.2. The monoisotopic (exact) mass is 896 g/mol. The number of aliphatic hydroxyl groups excluding tert-OH is 3. The minimum absolute atomic E-state index is 0.0221. The van der Waals surface area contributed by atoms with Gasteiger partial charge in [0.15, 0.2) is 0 Å². The van der Waals surface area contributed by atoms with E-state index >= 15 is 0 Å². The molecule has 1 fully saturated rings. The van der Waals surface area contributed by atoms with E-state index in [1.54, 1.807) is 41.3 Å². The zero-order valence-electron chi connectivity index (χ0n) is 36.8. The lowest BCUT2D eigenvalue weighted by Crippen LogP contribution is -2.70. The molecule has 3 aliphatic rings. The van der Waals surface area contributed by atoms with Gasteiger partial charge in [0.2, 0.25) is 11.7 Å². The van der Waals surface area contributed by atoms with Gasteiger partial charge in [-0.15, -0.1) is 6.58 Å². The van der Waals surface area contributed by atoms with E-state index in [1.807, 2.05) is 36.4 Å². The average molecular weight is 897 g/mol. The Balaban J connectivity index is 1.50. The Bertz CT molecular complexity index is 2160. The Morgan fingerprint density at radius 1 is 1.00 bits per heavy atom. The number of nitrogens with zero attached hydrogens (tertiary/aromatic N) is 3. The Labute approximate surface area is 379 Å². The molecule has 348 valence electrons. The van der Waals surface area contributed by atoms with Crippen LogP contribution in [0.2, 0.25) is 0 Å². The van der Waals surface area contributed by atoms with Crippen molar-refractivity contribution in [2.45, 2.75) is 69.2 Å². The number of nitro benzene ring substituents is 1. The molecule has 0 unspecified atom stereocenters. The van der Waals surface area contributed by atoms with Crippen molar-refractivity contribution in [1.82, 2.24) is 10.2 Å². The third kappa shape index (κ3) is 11.9. The molecule has 2 amide bonds. The molecule has 65 heavy (non-hydrogen) atoms. The largest absolute Gasteiger partial charge is 0.459 e. The van der Waals surface area contributed by atoms with Crippen LogP contribution in [-0.2, 0) is 25.7 Å². The third-order valence-corrected chi connectivity index (χ3v) is 12.2. The lowest BCUT2D eigenvalue weighted by atomic mass is 9.55. The number of hydrogen-bond donors (Lipinski definition) is 4. The summed E-state index contributed by atoms with van der Waals surface area (Å²) in [7, 11) is 1.47. The maximum Gasteiger partial charge on any atom is 0.412 e. The van der Waals surface area contributed by atoms with Crippen LogP contribution in [0.25, 0.3) is 6.08 Å². The van der Waals surface area contributed by atoms with Gasteiger partial charge in [-0.25, -0.2) is 4.79 Å². The number of unbranched alkanes of at least 4 members (excludes halogenated alkanes) is 2. The standard InChI is InChI=1S/C49H60N4O12/c1-3-27-63-49-44(52(23-28-62-29-26-56)45(57)22-17-34-15-18-37(19-16-34)53(59)60)32-42(51-61-2)40-30-36(13-7-9-24-54)39(14-8-10-25-55)46(47(40)49)41-31-38(20-21-43(41)65-49)64-48(58)50-33-35-11-5-4-6-12-35/h3-6,11-12,15-22,30-31,36,39,44,46-47,54-56H,1,7-10,13-14,23-29,32-33H2,2H3,(H,50,58)/t36-,39+,44-,46+,47+,49+/m0/s1. The van der Waals surface area contributed by atoms with Crippen molar-refractivity contribution >= 4 is 29.5 Å². The number of aliphatic hydroxyl groups is 3. The number of carbonyl (C=O) groups excluding carboxylic acids is 2. The number of allylic oxidation sites excluding steroid dienone is 1. The van der Waals surface area contributed by atoms with E-state index < -0.39 is 34.7 Å². The van der Waals surface area contributed by atoms with Gasteiger partial charge < -0.3 is 49.3 Å². The fourth-order valence-electron chi connectivity index (χ4n) is 9.45. The Kier molecular flexibility index (Phi) is 17.8. The molecule has 0 bridgehead atoms. The fraction of sp³-hybridized carbons (Fsp3) is 0.449. The Morgan fingerprint density at radius 3 is 2.45 bits per heavy atom. The van der Waals surface area contributed by atoms with Gasteiger partial charge in [-0.3, -0.25) is 14.9 Å². The molecule has 3 aromatic carbocycles. The van der Waals surface area contributed by atoms with E-state index in [1.165, 1.54) is 25.3 Å². The highest BCUT2D eigenvalue weighted by atomic mass is 16.7. The molecule has 1 aliphatic heterocycles. The first-order chi connectivity index (χ1) is 31.7. The minimum Gasteiger partial charge on any atom is -0.459 e. The molecular weight excluding hydrogens is 837 g/mol. The van der Waals surface area contributed by atoms with Crippen LogP contribution >= 0.6 is 0 Å². The summed E-state index contributed by atoms with van der Waals surface area (Å²) in [4.78, 5) is 46.0. The highest BCUT2D eigenvalue weighted by Gasteiger charge is 2.65. The smallest absolute Gasteiger partial charge is 0.412 e. The number of hydrogen-bond acceptors (Lipinski definition) is 13. The number of amides is 2. The van der Waals surface area contributed by atoms with E-state index in [4.69, 9.17) is 23.8 Å². The Morgan fingerprint density at radius 2 is 1.75 bits per heavy atom. The van der Waals surface area contributed by atoms with Crippen molar-refractivity contribution in [3.05, 3.63) is 130 Å². The first kappa shape index (κ1) is 48.5. The van der Waals surface area contributed by atoms with E-state index in [0.29, 0.717) is 48.5 Å². The van der Waals surface area contributed by atoms with E-state index in [2.05, 4.69) is 23.1 Å². The van der Waals surface area contributed by atoms with Crippen LogP contribution in [0.4, 0.5) is 10.5 Å². The number of fused-ring (bicyclic) bond motifs is 2. The molecule has 6 rings (SSSR count). The summed E-state index contributed by atoms with van der Waals surface area (Å²) in [6, 6.07) is 19.7. The lowest BCUT2D eigenvalue weighted by Gasteiger charge is -2.60. The van der Waals surface area contributed by atoms with Crippen LogP contribution < -0.4 is 14.8 Å². The minimum atomic E-state index is -1.57. The molecule has 1 heterocycles. The van der Waals surface area contributed by atoms with Gasteiger partial charge in [0.1, 0.15) is 24.7 Å². The van der Waals surface area contributed by atoms with Gasteiger partial charge in [0.05, 0.1) is 43.0 Å². The van der Waals surface area contributed by atoms with Gasteiger partial charge in [0.25, 0.3) is 5.69 Å². The maximum absolute atomic E-state index is 14.7. The summed E-state index contributed by atoms with van der Waals surface area (Å²) in [6.07, 6.45) is 10.4. The Hall–Kier alpha value is -5.91. The van der Waals surface area contributed by atoms with Gasteiger partial charge in [-0.05, 0) is 90.6 Å². The molecule has 3 aromatic rings. The van der Waals surface area contributed by atoms with E-state index in [-0.39, 0.29) is 82.6 Å². The van der Waals surface area contributed by atoms with Gasteiger partial charge >= 0.3 is 6.09 Å². The lowest BCUT2D eigenvalue weighted by molar-refractivity contribution is -0.384. The van der Waals surface area contributed by atoms with E-state index in [9.17, 15) is 35.0 Å². The number of nitrogens with one attached hydrogen (secondary N) is 1. The number of carbonyl (C=O) groups is 2. The normalized spacial score (nSPS) is 22.6. The van der Waals surface area contributed by atoms with Gasteiger partial charge in [-0.1, -0.05) is 60.5 Å². The number of rotatable bonds is 24. The third-order valence-electron chi connectivity index (χ3n) is 12.2. The second kappa shape index (κ2) is 23.9. The zero-order chi connectivity index (χ0) is 46.2. The highest BCUT2D eigenvalue weighted by Crippen LogP contribution is 2.62. The first-order valence-electron chi connectivity index (χ1n) is 22.2. The summed E-state index contributed by atoms with van der Waals surface area (Å²) in [5, 5.41) is 48.1. The number of oxime groups is 1. The molecule has 16 heteroatoms. The molecule has 0 saturated heterocycles. The van der Waals surface area contributed by atoms with Crippen LogP contribution in [0.15, 0.2) is 108 Å². The second-order valence-corrected chi connectivity index (χ2v) is 16.2. The van der Waals surface area contributed by atoms with Crippen LogP contribution in [0, 0.1) is 27.9 Å². The quantitative estimate of drug-likeness (QED) is 0.0243. The molecular formula is C49H60N4O12. The van der Waals surface area contributed by atoms with Crippen LogP contribution in [-0.4, -0.2) is 108 Å². The number of ether oxygens (including phenoxy) is 4. The van der Waals surface area contributed by atoms with Gasteiger partial charge in [-0.2, -0.15) is 0 Å². The molecule has 6 atom stereocenters. The predicted molar refractivity (Wildman–Crippen MR) is 243 cm³/mol. The molecule has 0 radical (unpaired) electrons. The van der Waals surface area contributed by atoms with Crippen molar-refractivity contribution in [2.24, 2.45) is 22.9 Å².